The van der Waals surface area contributed by atoms with Crippen molar-refractivity contribution >= 4 is 22.9 Å². The summed E-state index contributed by atoms with van der Waals surface area (Å²) in [5.74, 6) is -0.812. The first kappa shape index (κ1) is 16.3. The lowest BCUT2D eigenvalue weighted by Crippen LogP contribution is -2.47. The summed E-state index contributed by atoms with van der Waals surface area (Å²) in [5.41, 5.74) is 2.13. The van der Waals surface area contributed by atoms with Crippen LogP contribution in [0.4, 0.5) is 0 Å². The second-order valence-electron chi connectivity index (χ2n) is 5.64. The van der Waals surface area contributed by atoms with Gasteiger partial charge in [-0.2, -0.15) is 0 Å². The number of rotatable bonds is 5. The molecule has 7 nitrogen and oxygen atoms in total. The second-order valence-corrected chi connectivity index (χ2v) is 5.64. The summed E-state index contributed by atoms with van der Waals surface area (Å²) in [4.78, 5) is 33.0. The van der Waals surface area contributed by atoms with E-state index in [0.717, 1.165) is 17.5 Å². The third kappa shape index (κ3) is 3.68. The molecule has 2 aromatic rings. The molecule has 1 aliphatic rings. The summed E-state index contributed by atoms with van der Waals surface area (Å²) in [6.45, 7) is 0.567. The van der Waals surface area contributed by atoms with E-state index in [9.17, 15) is 9.59 Å². The minimum Gasteiger partial charge on any atom is -0.467 e. The Balaban J connectivity index is 1.75. The molecular formula is C17H19N3O4. The molecule has 1 fully saturated rings. The minimum absolute atomic E-state index is 0.211. The number of esters is 1. The van der Waals surface area contributed by atoms with Gasteiger partial charge in [0.05, 0.1) is 23.8 Å². The number of carbonyl (C=O) groups is 2. The van der Waals surface area contributed by atoms with Crippen LogP contribution in [-0.2, 0) is 25.5 Å². The zero-order chi connectivity index (χ0) is 16.9. The van der Waals surface area contributed by atoms with Crippen molar-refractivity contribution in [3.63, 3.8) is 0 Å². The van der Waals surface area contributed by atoms with Crippen molar-refractivity contribution in [2.75, 3.05) is 13.7 Å². The molecule has 7 heteroatoms. The topological polar surface area (TPSA) is 90.4 Å². The van der Waals surface area contributed by atoms with Gasteiger partial charge in [-0.3, -0.25) is 9.78 Å². The fourth-order valence-electron chi connectivity index (χ4n) is 2.69. The number of nitrogens with one attached hydrogen (secondary N) is 1. The highest BCUT2D eigenvalue weighted by molar-refractivity contribution is 5.87. The predicted octanol–water partition coefficient (Wildman–Crippen LogP) is 1.01. The molecule has 1 N–H and O–H groups in total. The Labute approximate surface area is 139 Å². The Morgan fingerprint density at radius 1 is 1.38 bits per heavy atom. The van der Waals surface area contributed by atoms with Crippen molar-refractivity contribution in [2.24, 2.45) is 0 Å². The van der Waals surface area contributed by atoms with Gasteiger partial charge in [0.15, 0.2) is 0 Å². The molecule has 1 aliphatic heterocycles. The Bertz CT molecular complexity index is 743. The van der Waals surface area contributed by atoms with Crippen LogP contribution in [-0.4, -0.2) is 47.7 Å². The van der Waals surface area contributed by atoms with E-state index in [1.54, 1.807) is 6.20 Å². The smallest absolute Gasteiger partial charge is 0.328 e. The number of amides is 1. The van der Waals surface area contributed by atoms with Gasteiger partial charge >= 0.3 is 5.97 Å². The van der Waals surface area contributed by atoms with Crippen LogP contribution in [0.25, 0.3) is 11.0 Å². The van der Waals surface area contributed by atoms with Gasteiger partial charge in [0.25, 0.3) is 0 Å². The molecule has 0 unspecified atom stereocenters. The van der Waals surface area contributed by atoms with Gasteiger partial charge in [0.2, 0.25) is 5.91 Å². The Kier molecular flexibility index (Phi) is 5.00. The van der Waals surface area contributed by atoms with E-state index in [1.165, 1.54) is 7.11 Å². The Hall–Kier alpha value is -2.54. The van der Waals surface area contributed by atoms with Crippen molar-refractivity contribution in [3.8, 4) is 0 Å². The van der Waals surface area contributed by atoms with E-state index in [2.05, 4.69) is 15.3 Å². The fourth-order valence-corrected chi connectivity index (χ4v) is 2.69. The van der Waals surface area contributed by atoms with E-state index in [1.807, 2.05) is 24.3 Å². The summed E-state index contributed by atoms with van der Waals surface area (Å²) >= 11 is 0. The molecule has 24 heavy (non-hydrogen) atoms. The van der Waals surface area contributed by atoms with Crippen molar-refractivity contribution in [3.05, 3.63) is 36.2 Å². The van der Waals surface area contributed by atoms with Crippen LogP contribution >= 0.6 is 0 Å². The number of methoxy groups -OCH3 is 1. The molecule has 0 bridgehead atoms. The van der Waals surface area contributed by atoms with Crippen molar-refractivity contribution < 1.29 is 19.1 Å². The highest BCUT2D eigenvalue weighted by atomic mass is 16.5. The standard InChI is InChI=1S/C17H19N3O4/c1-23-17(22)14(20-16(21)15-7-4-8-24-15)9-11-10-18-12-5-2-3-6-13(12)19-11/h2-3,5-6,10,14-15H,4,7-9H2,1H3,(H,20,21)/t14-,15+/m1/s1. The maximum Gasteiger partial charge on any atom is 0.328 e. The molecule has 1 saturated heterocycles. The van der Waals surface area contributed by atoms with E-state index in [4.69, 9.17) is 9.47 Å². The summed E-state index contributed by atoms with van der Waals surface area (Å²) in [6.07, 6.45) is 2.83. The van der Waals surface area contributed by atoms with Crippen molar-refractivity contribution in [1.82, 2.24) is 15.3 Å². The number of carbonyl (C=O) groups excluding carboxylic acids is 2. The van der Waals surface area contributed by atoms with Crippen molar-refractivity contribution in [2.45, 2.75) is 31.4 Å². The van der Waals surface area contributed by atoms with E-state index in [-0.39, 0.29) is 12.3 Å². The number of aromatic nitrogens is 2. The Morgan fingerprint density at radius 3 is 2.88 bits per heavy atom. The number of hydrogen-bond acceptors (Lipinski definition) is 6. The average Bonchev–Trinajstić information content (AvgIpc) is 3.15. The first-order valence-corrected chi connectivity index (χ1v) is 7.88. The molecule has 0 saturated carbocycles. The van der Waals surface area contributed by atoms with E-state index < -0.39 is 18.1 Å². The van der Waals surface area contributed by atoms with Crippen LogP contribution in [0.5, 0.6) is 0 Å². The molecule has 0 aliphatic carbocycles. The van der Waals surface area contributed by atoms with Gasteiger partial charge in [0, 0.05) is 19.2 Å². The zero-order valence-electron chi connectivity index (χ0n) is 13.4. The predicted molar refractivity (Wildman–Crippen MR) is 86.2 cm³/mol. The molecule has 2 heterocycles. The van der Waals surface area contributed by atoms with E-state index in [0.29, 0.717) is 18.7 Å². The molecule has 126 valence electrons. The van der Waals surface area contributed by atoms with Gasteiger partial charge in [-0.15, -0.1) is 0 Å². The molecule has 0 spiro atoms. The molecule has 1 aromatic carbocycles. The summed E-state index contributed by atoms with van der Waals surface area (Å²) in [7, 11) is 1.29. The van der Waals surface area contributed by atoms with Gasteiger partial charge in [0.1, 0.15) is 12.1 Å². The molecule has 1 aromatic heterocycles. The summed E-state index contributed by atoms with van der Waals surface area (Å²) in [5, 5.41) is 2.70. The average molecular weight is 329 g/mol. The summed E-state index contributed by atoms with van der Waals surface area (Å²) in [6, 6.07) is 6.66. The van der Waals surface area contributed by atoms with Crippen LogP contribution < -0.4 is 5.32 Å². The van der Waals surface area contributed by atoms with Crippen LogP contribution in [0, 0.1) is 0 Å². The first-order chi connectivity index (χ1) is 11.7. The third-order valence-corrected chi connectivity index (χ3v) is 3.94. The maximum absolute atomic E-state index is 12.2. The molecule has 1 amide bonds. The normalized spacial score (nSPS) is 18.3. The number of hydrogen-bond donors (Lipinski definition) is 1. The highest BCUT2D eigenvalue weighted by Gasteiger charge is 2.29. The van der Waals surface area contributed by atoms with E-state index >= 15 is 0 Å². The quantitative estimate of drug-likeness (QED) is 0.823. The van der Waals surface area contributed by atoms with Gasteiger partial charge < -0.3 is 14.8 Å². The number of ether oxygens (including phenoxy) is 2. The van der Waals surface area contributed by atoms with Crippen molar-refractivity contribution in [1.29, 1.82) is 0 Å². The largest absolute Gasteiger partial charge is 0.467 e. The molecule has 2 atom stereocenters. The van der Waals surface area contributed by atoms with Gasteiger partial charge in [-0.1, -0.05) is 12.1 Å². The SMILES string of the molecule is COC(=O)[C@@H](Cc1cnc2ccccc2n1)NC(=O)[C@@H]1CCCO1. The molecule has 0 radical (unpaired) electrons. The monoisotopic (exact) mass is 329 g/mol. The zero-order valence-corrected chi connectivity index (χ0v) is 13.4. The van der Waals surface area contributed by atoms with Gasteiger partial charge in [-0.25, -0.2) is 9.78 Å². The Morgan fingerprint density at radius 2 is 2.17 bits per heavy atom. The lowest BCUT2D eigenvalue weighted by molar-refractivity contribution is -0.146. The van der Waals surface area contributed by atoms with Gasteiger partial charge in [-0.05, 0) is 25.0 Å². The number of fused-ring (bicyclic) bond motifs is 1. The minimum atomic E-state index is -0.817. The maximum atomic E-state index is 12.2. The lowest BCUT2D eigenvalue weighted by atomic mass is 10.1. The molecular weight excluding hydrogens is 310 g/mol. The van der Waals surface area contributed by atoms with Crippen LogP contribution in [0.3, 0.4) is 0 Å². The second kappa shape index (κ2) is 7.35. The summed E-state index contributed by atoms with van der Waals surface area (Å²) < 4.78 is 10.1. The number of benzene rings is 1. The lowest BCUT2D eigenvalue weighted by Gasteiger charge is -2.18. The first-order valence-electron chi connectivity index (χ1n) is 7.88. The van der Waals surface area contributed by atoms with Crippen LogP contribution in [0.2, 0.25) is 0 Å². The molecule has 3 rings (SSSR count). The van der Waals surface area contributed by atoms with Crippen LogP contribution in [0.15, 0.2) is 30.5 Å². The van der Waals surface area contributed by atoms with Crippen LogP contribution in [0.1, 0.15) is 18.5 Å². The highest BCUT2D eigenvalue weighted by Crippen LogP contribution is 2.13. The third-order valence-electron chi connectivity index (χ3n) is 3.94. The fraction of sp³-hybridized carbons (Fsp3) is 0.412. The number of para-hydroxylation sites is 2. The number of nitrogens with zero attached hydrogens (tertiary/aromatic N) is 2.